The molecule has 5 nitrogen and oxygen atoms in total. The first-order valence-corrected chi connectivity index (χ1v) is 7.50. The van der Waals surface area contributed by atoms with Crippen LogP contribution in [0, 0.1) is 17.1 Å². The van der Waals surface area contributed by atoms with Crippen LogP contribution in [-0.2, 0) is 0 Å². The SMILES string of the molecule is CN1CCN(C[C@@H](O)CN(C)c2cccc(F)c2C#N)CC1. The Balaban J connectivity index is 1.93. The molecule has 1 saturated heterocycles. The molecule has 1 heterocycles. The maximum atomic E-state index is 13.6. The number of halogens is 1. The zero-order valence-electron chi connectivity index (χ0n) is 13.2. The van der Waals surface area contributed by atoms with Crippen LogP contribution in [0.3, 0.4) is 0 Å². The molecule has 0 aromatic heterocycles. The number of nitrogens with zero attached hydrogens (tertiary/aromatic N) is 4. The number of β-amino-alcohol motifs (C(OH)–C–C–N with tert-alkyl or cyclic N) is 1. The van der Waals surface area contributed by atoms with Crippen molar-refractivity contribution in [3.05, 3.63) is 29.6 Å². The molecular formula is C16H23FN4O. The minimum Gasteiger partial charge on any atom is -0.390 e. The molecule has 1 N–H and O–H groups in total. The van der Waals surface area contributed by atoms with Crippen LogP contribution in [0.4, 0.5) is 10.1 Å². The van der Waals surface area contributed by atoms with E-state index in [0.29, 0.717) is 18.8 Å². The van der Waals surface area contributed by atoms with Gasteiger partial charge in [0.2, 0.25) is 0 Å². The van der Waals surface area contributed by atoms with Crippen molar-refractivity contribution in [3.8, 4) is 6.07 Å². The molecule has 1 aliphatic heterocycles. The van der Waals surface area contributed by atoms with E-state index in [4.69, 9.17) is 5.26 Å². The molecule has 1 atom stereocenters. The lowest BCUT2D eigenvalue weighted by Gasteiger charge is -2.34. The second-order valence-corrected chi connectivity index (χ2v) is 5.88. The van der Waals surface area contributed by atoms with Gasteiger partial charge in [-0.2, -0.15) is 5.26 Å². The van der Waals surface area contributed by atoms with Crippen LogP contribution in [0.2, 0.25) is 0 Å². The van der Waals surface area contributed by atoms with Crippen molar-refractivity contribution in [1.82, 2.24) is 9.80 Å². The van der Waals surface area contributed by atoms with Crippen molar-refractivity contribution in [2.24, 2.45) is 0 Å². The molecule has 0 bridgehead atoms. The van der Waals surface area contributed by atoms with E-state index in [1.807, 2.05) is 6.07 Å². The van der Waals surface area contributed by atoms with Crippen LogP contribution in [0.1, 0.15) is 5.56 Å². The Morgan fingerprint density at radius 1 is 1.36 bits per heavy atom. The summed E-state index contributed by atoms with van der Waals surface area (Å²) in [6.45, 7) is 4.86. The van der Waals surface area contributed by atoms with Crippen molar-refractivity contribution >= 4 is 5.69 Å². The first-order chi connectivity index (χ1) is 10.5. The molecule has 1 fully saturated rings. The third-order valence-corrected chi connectivity index (χ3v) is 4.06. The maximum absolute atomic E-state index is 13.6. The van der Waals surface area contributed by atoms with Crippen molar-refractivity contribution in [1.29, 1.82) is 5.26 Å². The van der Waals surface area contributed by atoms with Crippen molar-refractivity contribution in [3.63, 3.8) is 0 Å². The van der Waals surface area contributed by atoms with Gasteiger partial charge in [0.25, 0.3) is 0 Å². The monoisotopic (exact) mass is 306 g/mol. The second-order valence-electron chi connectivity index (χ2n) is 5.88. The van der Waals surface area contributed by atoms with E-state index in [1.54, 1.807) is 24.1 Å². The number of likely N-dealkylation sites (N-methyl/N-ethyl adjacent to an activating group) is 2. The predicted octanol–water partition coefficient (Wildman–Crippen LogP) is 0.742. The summed E-state index contributed by atoms with van der Waals surface area (Å²) >= 11 is 0. The Morgan fingerprint density at radius 3 is 2.68 bits per heavy atom. The van der Waals surface area contributed by atoms with Gasteiger partial charge in [0.05, 0.1) is 11.8 Å². The molecule has 0 radical (unpaired) electrons. The first-order valence-electron chi connectivity index (χ1n) is 7.50. The summed E-state index contributed by atoms with van der Waals surface area (Å²) in [7, 11) is 3.86. The van der Waals surface area contributed by atoms with Crippen LogP contribution in [0.15, 0.2) is 18.2 Å². The molecule has 0 aliphatic carbocycles. The standard InChI is InChI=1S/C16H23FN4O/c1-19-6-8-21(9-7-19)12-13(22)11-20(2)16-5-3-4-15(17)14(16)10-18/h3-5,13,22H,6-9,11-12H2,1-2H3/t13-/m0/s1. The Hall–Kier alpha value is -1.68. The van der Waals surface area contributed by atoms with Crippen molar-refractivity contribution < 1.29 is 9.50 Å². The van der Waals surface area contributed by atoms with E-state index in [2.05, 4.69) is 16.8 Å². The number of hydrogen-bond donors (Lipinski definition) is 1. The summed E-state index contributed by atoms with van der Waals surface area (Å²) in [5.74, 6) is -0.527. The fourth-order valence-electron chi connectivity index (χ4n) is 2.74. The van der Waals surface area contributed by atoms with Gasteiger partial charge in [-0.25, -0.2) is 4.39 Å². The Labute approximate surface area is 131 Å². The fraction of sp³-hybridized carbons (Fsp3) is 0.562. The number of piperazine rings is 1. The van der Waals surface area contributed by atoms with E-state index in [1.165, 1.54) is 6.07 Å². The lowest BCUT2D eigenvalue weighted by Crippen LogP contribution is -2.48. The zero-order chi connectivity index (χ0) is 16.1. The Morgan fingerprint density at radius 2 is 2.05 bits per heavy atom. The van der Waals surface area contributed by atoms with Crippen LogP contribution in [-0.4, -0.2) is 74.4 Å². The van der Waals surface area contributed by atoms with E-state index in [-0.39, 0.29) is 5.56 Å². The number of aliphatic hydroxyl groups is 1. The highest BCUT2D eigenvalue weighted by Crippen LogP contribution is 2.21. The van der Waals surface area contributed by atoms with Crippen LogP contribution in [0.5, 0.6) is 0 Å². The summed E-state index contributed by atoms with van der Waals surface area (Å²) < 4.78 is 13.6. The number of nitriles is 1. The number of rotatable bonds is 5. The molecule has 0 amide bonds. The summed E-state index contributed by atoms with van der Waals surface area (Å²) in [5.41, 5.74) is 0.539. The molecule has 1 aromatic carbocycles. The topological polar surface area (TPSA) is 53.7 Å². The predicted molar refractivity (Wildman–Crippen MR) is 84.3 cm³/mol. The molecule has 0 saturated carbocycles. The number of hydrogen-bond acceptors (Lipinski definition) is 5. The average Bonchev–Trinajstić information content (AvgIpc) is 2.49. The van der Waals surface area contributed by atoms with Gasteiger partial charge in [-0.05, 0) is 19.2 Å². The lowest BCUT2D eigenvalue weighted by atomic mass is 10.1. The Bertz CT molecular complexity index is 537. The molecular weight excluding hydrogens is 283 g/mol. The molecule has 6 heteroatoms. The fourth-order valence-corrected chi connectivity index (χ4v) is 2.74. The number of aliphatic hydroxyl groups excluding tert-OH is 1. The van der Waals surface area contributed by atoms with Crippen LogP contribution >= 0.6 is 0 Å². The Kier molecular flexibility index (Phi) is 5.72. The highest BCUT2D eigenvalue weighted by Gasteiger charge is 2.19. The zero-order valence-corrected chi connectivity index (χ0v) is 13.2. The molecule has 2 rings (SSSR count). The van der Waals surface area contributed by atoms with Gasteiger partial charge < -0.3 is 14.9 Å². The van der Waals surface area contributed by atoms with Gasteiger partial charge in [0.1, 0.15) is 17.4 Å². The van der Waals surface area contributed by atoms with Crippen LogP contribution in [0.25, 0.3) is 0 Å². The minimum atomic E-state index is -0.539. The molecule has 0 unspecified atom stereocenters. The summed E-state index contributed by atoms with van der Waals surface area (Å²) in [6, 6.07) is 6.44. The molecule has 0 spiro atoms. The first kappa shape index (κ1) is 16.7. The average molecular weight is 306 g/mol. The van der Waals surface area contributed by atoms with E-state index in [0.717, 1.165) is 26.2 Å². The smallest absolute Gasteiger partial charge is 0.143 e. The lowest BCUT2D eigenvalue weighted by molar-refractivity contribution is 0.0843. The summed E-state index contributed by atoms with van der Waals surface area (Å²) in [4.78, 5) is 6.23. The quantitative estimate of drug-likeness (QED) is 0.870. The summed E-state index contributed by atoms with van der Waals surface area (Å²) in [5, 5.41) is 19.3. The third-order valence-electron chi connectivity index (χ3n) is 4.06. The van der Waals surface area contributed by atoms with Crippen molar-refractivity contribution in [2.75, 3.05) is 58.3 Å². The largest absolute Gasteiger partial charge is 0.390 e. The summed E-state index contributed by atoms with van der Waals surface area (Å²) in [6.07, 6.45) is -0.539. The van der Waals surface area contributed by atoms with E-state index < -0.39 is 11.9 Å². The van der Waals surface area contributed by atoms with Gasteiger partial charge >= 0.3 is 0 Å². The third kappa shape index (κ3) is 4.17. The highest BCUT2D eigenvalue weighted by atomic mass is 19.1. The van der Waals surface area contributed by atoms with E-state index in [9.17, 15) is 9.50 Å². The normalized spacial score (nSPS) is 18.0. The van der Waals surface area contributed by atoms with Gasteiger partial charge in [-0.15, -0.1) is 0 Å². The van der Waals surface area contributed by atoms with Crippen LogP contribution < -0.4 is 4.90 Å². The number of anilines is 1. The molecule has 120 valence electrons. The highest BCUT2D eigenvalue weighted by molar-refractivity contribution is 5.59. The molecule has 22 heavy (non-hydrogen) atoms. The van der Waals surface area contributed by atoms with E-state index >= 15 is 0 Å². The van der Waals surface area contributed by atoms with Gasteiger partial charge in [-0.3, -0.25) is 4.90 Å². The van der Waals surface area contributed by atoms with Gasteiger partial charge in [0, 0.05) is 46.3 Å². The number of benzene rings is 1. The van der Waals surface area contributed by atoms with Gasteiger partial charge in [0.15, 0.2) is 0 Å². The second kappa shape index (κ2) is 7.54. The van der Waals surface area contributed by atoms with Gasteiger partial charge in [-0.1, -0.05) is 6.07 Å². The van der Waals surface area contributed by atoms with Crippen molar-refractivity contribution in [2.45, 2.75) is 6.10 Å². The molecule has 1 aliphatic rings. The maximum Gasteiger partial charge on any atom is 0.143 e. The minimum absolute atomic E-state index is 0.0248. The molecule has 1 aromatic rings.